The summed E-state index contributed by atoms with van der Waals surface area (Å²) in [6.45, 7) is 4.16. The van der Waals surface area contributed by atoms with Crippen LogP contribution in [0.5, 0.6) is 0 Å². The summed E-state index contributed by atoms with van der Waals surface area (Å²) >= 11 is 0. The van der Waals surface area contributed by atoms with E-state index >= 15 is 0 Å². The Labute approximate surface area is 66.8 Å². The highest BCUT2D eigenvalue weighted by Gasteiger charge is 2.13. The lowest BCUT2D eigenvalue weighted by molar-refractivity contribution is 0.516. The van der Waals surface area contributed by atoms with E-state index < -0.39 is 0 Å². The number of anilines is 1. The van der Waals surface area contributed by atoms with E-state index in [1.165, 1.54) is 0 Å². The number of rotatable bonds is 2. The fourth-order valence-electron chi connectivity index (χ4n) is 1.04. The van der Waals surface area contributed by atoms with E-state index in [4.69, 9.17) is 11.5 Å². The summed E-state index contributed by atoms with van der Waals surface area (Å²) in [7, 11) is 0. The molecule has 3 heteroatoms. The first-order valence-corrected chi connectivity index (χ1v) is 3.80. The minimum Gasteiger partial charge on any atom is -0.397 e. The van der Waals surface area contributed by atoms with E-state index in [1.807, 2.05) is 6.20 Å². The van der Waals surface area contributed by atoms with Crippen molar-refractivity contribution in [3.05, 3.63) is 18.0 Å². The molecule has 0 aliphatic heterocycles. The van der Waals surface area contributed by atoms with Crippen LogP contribution >= 0.6 is 0 Å². The molecule has 0 spiro atoms. The van der Waals surface area contributed by atoms with E-state index in [9.17, 15) is 0 Å². The van der Waals surface area contributed by atoms with Gasteiger partial charge in [-0.3, -0.25) is 0 Å². The summed E-state index contributed by atoms with van der Waals surface area (Å²) in [5.41, 5.74) is 13.3. The van der Waals surface area contributed by atoms with E-state index in [0.717, 1.165) is 11.3 Å². The van der Waals surface area contributed by atoms with Gasteiger partial charge in [-0.25, -0.2) is 0 Å². The predicted octanol–water partition coefficient (Wildman–Crippen LogP) is 1.25. The number of aromatic nitrogens is 1. The third kappa shape index (κ3) is 1.54. The standard InChI is InChI=1S/C8H15N3/c1-5(2)8(10)6-3-11-4-7(6)9/h3-5,8,11H,9-10H2,1-2H3. The number of nitrogens with one attached hydrogen (secondary N) is 1. The van der Waals surface area contributed by atoms with Gasteiger partial charge in [0, 0.05) is 24.0 Å². The van der Waals surface area contributed by atoms with Crippen molar-refractivity contribution in [3.8, 4) is 0 Å². The van der Waals surface area contributed by atoms with Crippen LogP contribution in [0.2, 0.25) is 0 Å². The van der Waals surface area contributed by atoms with Crippen molar-refractivity contribution in [2.45, 2.75) is 19.9 Å². The van der Waals surface area contributed by atoms with E-state index in [-0.39, 0.29) is 6.04 Å². The fourth-order valence-corrected chi connectivity index (χ4v) is 1.04. The van der Waals surface area contributed by atoms with Crippen LogP contribution in [0.1, 0.15) is 25.5 Å². The lowest BCUT2D eigenvalue weighted by Crippen LogP contribution is -2.17. The minimum absolute atomic E-state index is 0.0428. The zero-order chi connectivity index (χ0) is 8.43. The maximum atomic E-state index is 5.88. The Kier molecular flexibility index (Phi) is 2.19. The fraction of sp³-hybridized carbons (Fsp3) is 0.500. The molecule has 1 heterocycles. The zero-order valence-corrected chi connectivity index (χ0v) is 6.96. The van der Waals surface area contributed by atoms with Crippen LogP contribution in [0, 0.1) is 5.92 Å². The Morgan fingerprint density at radius 1 is 1.36 bits per heavy atom. The smallest absolute Gasteiger partial charge is 0.0540 e. The number of nitrogens with two attached hydrogens (primary N) is 2. The van der Waals surface area contributed by atoms with Crippen LogP contribution in [-0.2, 0) is 0 Å². The quantitative estimate of drug-likeness (QED) is 0.598. The van der Waals surface area contributed by atoms with Gasteiger partial charge in [0.2, 0.25) is 0 Å². The van der Waals surface area contributed by atoms with Gasteiger partial charge in [0.1, 0.15) is 0 Å². The van der Waals surface area contributed by atoms with Crippen molar-refractivity contribution < 1.29 is 0 Å². The molecule has 0 aliphatic rings. The molecule has 5 N–H and O–H groups in total. The summed E-state index contributed by atoms with van der Waals surface area (Å²) in [6, 6.07) is 0.0428. The van der Waals surface area contributed by atoms with Gasteiger partial charge in [0.25, 0.3) is 0 Å². The molecule has 0 amide bonds. The van der Waals surface area contributed by atoms with Gasteiger partial charge in [0.15, 0.2) is 0 Å². The monoisotopic (exact) mass is 153 g/mol. The van der Waals surface area contributed by atoms with Crippen molar-refractivity contribution in [1.82, 2.24) is 4.98 Å². The molecule has 0 fully saturated rings. The summed E-state index contributed by atoms with van der Waals surface area (Å²) in [5, 5.41) is 0. The molecule has 0 radical (unpaired) electrons. The Morgan fingerprint density at radius 3 is 2.36 bits per heavy atom. The number of aromatic amines is 1. The normalized spacial score (nSPS) is 13.8. The second-order valence-corrected chi connectivity index (χ2v) is 3.14. The van der Waals surface area contributed by atoms with Gasteiger partial charge in [-0.15, -0.1) is 0 Å². The molecule has 11 heavy (non-hydrogen) atoms. The number of H-pyrrole nitrogens is 1. The first-order valence-electron chi connectivity index (χ1n) is 3.80. The average molecular weight is 153 g/mol. The maximum Gasteiger partial charge on any atom is 0.0540 e. The van der Waals surface area contributed by atoms with Crippen LogP contribution in [-0.4, -0.2) is 4.98 Å². The highest BCUT2D eigenvalue weighted by Crippen LogP contribution is 2.23. The highest BCUT2D eigenvalue weighted by atomic mass is 14.8. The summed E-state index contributed by atoms with van der Waals surface area (Å²) in [4.78, 5) is 2.93. The second-order valence-electron chi connectivity index (χ2n) is 3.14. The molecule has 1 aromatic rings. The average Bonchev–Trinajstić information content (AvgIpc) is 2.33. The molecule has 0 saturated carbocycles. The van der Waals surface area contributed by atoms with Crippen molar-refractivity contribution in [1.29, 1.82) is 0 Å². The molecule has 1 unspecified atom stereocenters. The van der Waals surface area contributed by atoms with Crippen molar-refractivity contribution in [2.75, 3.05) is 5.73 Å². The molecule has 0 bridgehead atoms. The van der Waals surface area contributed by atoms with E-state index in [1.54, 1.807) is 6.20 Å². The lowest BCUT2D eigenvalue weighted by atomic mass is 9.99. The molecule has 62 valence electrons. The Hall–Kier alpha value is -0.960. The Balaban J connectivity index is 2.84. The molecule has 0 saturated heterocycles. The number of hydrogen-bond donors (Lipinski definition) is 3. The first kappa shape index (κ1) is 8.14. The number of hydrogen-bond acceptors (Lipinski definition) is 2. The first-order chi connectivity index (χ1) is 5.13. The lowest BCUT2D eigenvalue weighted by Gasteiger charge is -2.14. The van der Waals surface area contributed by atoms with Crippen molar-refractivity contribution in [2.24, 2.45) is 11.7 Å². The van der Waals surface area contributed by atoms with Crippen LogP contribution in [0.15, 0.2) is 12.4 Å². The molecule has 3 nitrogen and oxygen atoms in total. The topological polar surface area (TPSA) is 67.8 Å². The van der Waals surface area contributed by atoms with Gasteiger partial charge in [-0.05, 0) is 5.92 Å². The third-order valence-electron chi connectivity index (χ3n) is 1.89. The molecule has 1 atom stereocenters. The second kappa shape index (κ2) is 2.96. The molecular weight excluding hydrogens is 138 g/mol. The maximum absolute atomic E-state index is 5.88. The third-order valence-corrected chi connectivity index (χ3v) is 1.89. The zero-order valence-electron chi connectivity index (χ0n) is 6.96. The van der Waals surface area contributed by atoms with E-state index in [0.29, 0.717) is 5.92 Å². The van der Waals surface area contributed by atoms with Crippen LogP contribution in [0.4, 0.5) is 5.69 Å². The highest BCUT2D eigenvalue weighted by molar-refractivity contribution is 5.46. The Bertz CT molecular complexity index is 227. The minimum atomic E-state index is 0.0428. The molecule has 0 aromatic carbocycles. The largest absolute Gasteiger partial charge is 0.397 e. The SMILES string of the molecule is CC(C)C(N)c1c[nH]cc1N. The molecular formula is C8H15N3. The van der Waals surface area contributed by atoms with E-state index in [2.05, 4.69) is 18.8 Å². The van der Waals surface area contributed by atoms with Crippen molar-refractivity contribution in [3.63, 3.8) is 0 Å². The van der Waals surface area contributed by atoms with Crippen LogP contribution in [0.3, 0.4) is 0 Å². The Morgan fingerprint density at radius 2 is 2.00 bits per heavy atom. The van der Waals surface area contributed by atoms with Crippen LogP contribution < -0.4 is 11.5 Å². The predicted molar refractivity (Wildman–Crippen MR) is 47.0 cm³/mol. The summed E-state index contributed by atoms with van der Waals surface area (Å²) in [5.74, 6) is 0.424. The van der Waals surface area contributed by atoms with Gasteiger partial charge in [-0.1, -0.05) is 13.8 Å². The van der Waals surface area contributed by atoms with Gasteiger partial charge < -0.3 is 16.5 Å². The molecule has 0 aliphatic carbocycles. The summed E-state index contributed by atoms with van der Waals surface area (Å²) in [6.07, 6.45) is 3.62. The van der Waals surface area contributed by atoms with Gasteiger partial charge in [-0.2, -0.15) is 0 Å². The van der Waals surface area contributed by atoms with Crippen molar-refractivity contribution >= 4 is 5.69 Å². The van der Waals surface area contributed by atoms with Gasteiger partial charge in [0.05, 0.1) is 5.69 Å². The molecule has 1 aromatic heterocycles. The molecule has 1 rings (SSSR count). The van der Waals surface area contributed by atoms with Gasteiger partial charge >= 0.3 is 0 Å². The number of nitrogen functional groups attached to an aromatic ring is 1. The summed E-state index contributed by atoms with van der Waals surface area (Å²) < 4.78 is 0. The van der Waals surface area contributed by atoms with Crippen LogP contribution in [0.25, 0.3) is 0 Å².